The molecule has 0 N–H and O–H groups in total. The highest BCUT2D eigenvalue weighted by Gasteiger charge is 2.22. The van der Waals surface area contributed by atoms with Gasteiger partial charge >= 0.3 is 5.97 Å². The number of nitro benzene ring substituents is 1. The van der Waals surface area contributed by atoms with Gasteiger partial charge in [-0.25, -0.2) is 0 Å². The molecule has 0 atom stereocenters. The number of hydrogen-bond acceptors (Lipinski definition) is 5. The Morgan fingerprint density at radius 2 is 2.22 bits per heavy atom. The van der Waals surface area contributed by atoms with Gasteiger partial charge in [-0.15, -0.1) is 0 Å². The van der Waals surface area contributed by atoms with E-state index in [1.165, 1.54) is 12.1 Å². The summed E-state index contributed by atoms with van der Waals surface area (Å²) in [5.41, 5.74) is -0.512. The molecule has 6 nitrogen and oxygen atoms in total. The largest absolute Gasteiger partial charge is 0.466 e. The number of nitrogens with zero attached hydrogens (tertiary/aromatic N) is 1. The van der Waals surface area contributed by atoms with E-state index in [2.05, 4.69) is 0 Å². The number of hydrogen-bond donors (Lipinski definition) is 0. The summed E-state index contributed by atoms with van der Waals surface area (Å²) >= 11 is 5.73. The van der Waals surface area contributed by atoms with Crippen molar-refractivity contribution in [3.05, 3.63) is 38.4 Å². The molecule has 96 valence electrons. The highest BCUT2D eigenvalue weighted by atomic mass is 35.5. The summed E-state index contributed by atoms with van der Waals surface area (Å²) < 4.78 is 4.70. The molecule has 0 unspecified atom stereocenters. The summed E-state index contributed by atoms with van der Waals surface area (Å²) in [6.07, 6.45) is 0.0320. The Bertz CT molecular complexity index is 500. The molecule has 1 aromatic carbocycles. The maximum Gasteiger partial charge on any atom is 0.310 e. The van der Waals surface area contributed by atoms with Crippen LogP contribution >= 0.6 is 11.6 Å². The van der Waals surface area contributed by atoms with Crippen LogP contribution in [0.25, 0.3) is 0 Å². The molecule has 18 heavy (non-hydrogen) atoms. The lowest BCUT2D eigenvalue weighted by Crippen LogP contribution is -2.10. The van der Waals surface area contributed by atoms with Gasteiger partial charge in [-0.05, 0) is 19.1 Å². The van der Waals surface area contributed by atoms with Gasteiger partial charge in [0.25, 0.3) is 5.69 Å². The number of ether oxygens (including phenoxy) is 1. The quantitative estimate of drug-likeness (QED) is 0.354. The van der Waals surface area contributed by atoms with Gasteiger partial charge in [0.2, 0.25) is 0 Å². The summed E-state index contributed by atoms with van der Waals surface area (Å²) in [4.78, 5) is 32.3. The van der Waals surface area contributed by atoms with Crippen molar-refractivity contribution in [1.29, 1.82) is 0 Å². The van der Waals surface area contributed by atoms with Crippen LogP contribution in [-0.4, -0.2) is 23.8 Å². The molecular formula is C11H10ClNO5. The van der Waals surface area contributed by atoms with Crippen LogP contribution in [-0.2, 0) is 16.0 Å². The predicted molar refractivity (Wildman–Crippen MR) is 63.8 cm³/mol. The van der Waals surface area contributed by atoms with E-state index in [9.17, 15) is 19.7 Å². The Morgan fingerprint density at radius 3 is 2.72 bits per heavy atom. The maximum absolute atomic E-state index is 11.3. The lowest BCUT2D eigenvalue weighted by molar-refractivity contribution is -0.385. The Kier molecular flexibility index (Phi) is 4.79. The summed E-state index contributed by atoms with van der Waals surface area (Å²) in [7, 11) is 0. The Morgan fingerprint density at radius 1 is 1.56 bits per heavy atom. The number of rotatable bonds is 5. The van der Waals surface area contributed by atoms with E-state index in [1.54, 1.807) is 6.92 Å². The zero-order valence-corrected chi connectivity index (χ0v) is 10.3. The maximum atomic E-state index is 11.3. The second-order valence-electron chi connectivity index (χ2n) is 3.36. The monoisotopic (exact) mass is 271 g/mol. The highest BCUT2D eigenvalue weighted by molar-refractivity contribution is 6.31. The van der Waals surface area contributed by atoms with Gasteiger partial charge in [-0.1, -0.05) is 11.6 Å². The molecule has 0 heterocycles. The van der Waals surface area contributed by atoms with E-state index >= 15 is 0 Å². The zero-order valence-electron chi connectivity index (χ0n) is 9.51. The molecule has 0 saturated heterocycles. The standard InChI is InChI=1S/C11H10ClNO5/c1-2-18-10(15)5-7-3-9(12)4-8(6-14)11(7)13(16)17/h3-4,6H,2,5H2,1H3. The van der Waals surface area contributed by atoms with Crippen molar-refractivity contribution >= 4 is 29.5 Å². The third-order valence-electron chi connectivity index (χ3n) is 2.13. The first-order valence-electron chi connectivity index (χ1n) is 5.07. The van der Waals surface area contributed by atoms with Crippen LogP contribution in [0.15, 0.2) is 12.1 Å². The van der Waals surface area contributed by atoms with Crippen LogP contribution in [0.5, 0.6) is 0 Å². The average molecular weight is 272 g/mol. The first kappa shape index (κ1) is 14.1. The van der Waals surface area contributed by atoms with Gasteiger partial charge < -0.3 is 4.74 Å². The Labute approximate surface area is 108 Å². The minimum absolute atomic E-state index is 0.0630. The smallest absolute Gasteiger partial charge is 0.310 e. The Balaban J connectivity index is 3.23. The van der Waals surface area contributed by atoms with E-state index in [0.29, 0.717) is 6.29 Å². The fourth-order valence-electron chi connectivity index (χ4n) is 1.49. The molecule has 1 aromatic rings. The molecule has 0 spiro atoms. The van der Waals surface area contributed by atoms with Gasteiger partial charge in [0.05, 0.1) is 23.5 Å². The molecule has 0 radical (unpaired) electrons. The van der Waals surface area contributed by atoms with Crippen molar-refractivity contribution in [2.75, 3.05) is 6.61 Å². The lowest BCUT2D eigenvalue weighted by Gasteiger charge is -2.05. The second-order valence-corrected chi connectivity index (χ2v) is 3.80. The number of benzene rings is 1. The number of esters is 1. The van der Waals surface area contributed by atoms with Gasteiger partial charge in [0.1, 0.15) is 0 Å². The predicted octanol–water partition coefficient (Wildman–Crippen LogP) is 2.17. The summed E-state index contributed by atoms with van der Waals surface area (Å²) in [6.45, 7) is 1.80. The van der Waals surface area contributed by atoms with Crippen molar-refractivity contribution in [3.8, 4) is 0 Å². The fraction of sp³-hybridized carbons (Fsp3) is 0.273. The lowest BCUT2D eigenvalue weighted by atomic mass is 10.1. The first-order valence-corrected chi connectivity index (χ1v) is 5.45. The molecule has 1 rings (SSSR count). The molecule has 0 saturated carbocycles. The molecule has 0 aliphatic carbocycles. The number of carbonyl (C=O) groups is 2. The normalized spacial score (nSPS) is 9.89. The molecule has 0 aliphatic heterocycles. The topological polar surface area (TPSA) is 86.5 Å². The molecule has 0 fully saturated rings. The van der Waals surface area contributed by atoms with Gasteiger partial charge in [0, 0.05) is 10.6 Å². The molecule has 0 bridgehead atoms. The van der Waals surface area contributed by atoms with E-state index in [-0.39, 0.29) is 29.2 Å². The van der Waals surface area contributed by atoms with E-state index in [0.717, 1.165) is 0 Å². The molecule has 7 heteroatoms. The highest BCUT2D eigenvalue weighted by Crippen LogP contribution is 2.27. The van der Waals surface area contributed by atoms with E-state index in [4.69, 9.17) is 16.3 Å². The van der Waals surface area contributed by atoms with Gasteiger partial charge in [0.15, 0.2) is 6.29 Å². The average Bonchev–Trinajstić information content (AvgIpc) is 2.27. The molecule has 0 amide bonds. The van der Waals surface area contributed by atoms with Crippen LogP contribution in [0.1, 0.15) is 22.8 Å². The van der Waals surface area contributed by atoms with Crippen molar-refractivity contribution in [2.45, 2.75) is 13.3 Å². The van der Waals surface area contributed by atoms with Crippen LogP contribution in [0.4, 0.5) is 5.69 Å². The third-order valence-corrected chi connectivity index (χ3v) is 2.35. The molecular weight excluding hydrogens is 262 g/mol. The first-order chi connectivity index (χ1) is 8.49. The van der Waals surface area contributed by atoms with Crippen molar-refractivity contribution < 1.29 is 19.2 Å². The number of nitro groups is 1. The number of carbonyl (C=O) groups excluding carboxylic acids is 2. The fourth-order valence-corrected chi connectivity index (χ4v) is 1.74. The van der Waals surface area contributed by atoms with Crippen molar-refractivity contribution in [3.63, 3.8) is 0 Å². The summed E-state index contributed by atoms with van der Waals surface area (Å²) in [6, 6.07) is 2.46. The third kappa shape index (κ3) is 3.27. The summed E-state index contributed by atoms with van der Waals surface area (Å²) in [5, 5.41) is 11.1. The molecule has 0 aromatic heterocycles. The van der Waals surface area contributed by atoms with Crippen LogP contribution in [0.2, 0.25) is 5.02 Å². The SMILES string of the molecule is CCOC(=O)Cc1cc(Cl)cc(C=O)c1[N+](=O)[O-]. The van der Waals surface area contributed by atoms with E-state index < -0.39 is 16.6 Å². The van der Waals surface area contributed by atoms with Crippen molar-refractivity contribution in [2.24, 2.45) is 0 Å². The van der Waals surface area contributed by atoms with Gasteiger partial charge in [-0.2, -0.15) is 0 Å². The molecule has 0 aliphatic rings. The zero-order chi connectivity index (χ0) is 13.7. The number of halogens is 1. The second kappa shape index (κ2) is 6.11. The minimum atomic E-state index is -0.714. The van der Waals surface area contributed by atoms with Gasteiger partial charge in [-0.3, -0.25) is 19.7 Å². The number of aldehydes is 1. The minimum Gasteiger partial charge on any atom is -0.466 e. The van der Waals surface area contributed by atoms with Crippen LogP contribution in [0.3, 0.4) is 0 Å². The van der Waals surface area contributed by atoms with Crippen molar-refractivity contribution in [1.82, 2.24) is 0 Å². The van der Waals surface area contributed by atoms with E-state index in [1.807, 2.05) is 0 Å². The van der Waals surface area contributed by atoms with Crippen LogP contribution < -0.4 is 0 Å². The Hall–Kier alpha value is -1.95. The van der Waals surface area contributed by atoms with Crippen LogP contribution in [0, 0.1) is 10.1 Å². The summed E-state index contributed by atoms with van der Waals surface area (Å²) in [5.74, 6) is -0.611.